The summed E-state index contributed by atoms with van der Waals surface area (Å²) in [6, 6.07) is 17.8. The Kier molecular flexibility index (Phi) is 6.28. The molecule has 0 atom stereocenters. The molecule has 1 aromatic carbocycles. The molecule has 0 aliphatic heterocycles. The molecular formula is C21H24N2O3. The summed E-state index contributed by atoms with van der Waals surface area (Å²) in [5, 5.41) is 0. The molecule has 0 bridgehead atoms. The van der Waals surface area contributed by atoms with Gasteiger partial charge in [-0.25, -0.2) is 0 Å². The number of furan rings is 1. The van der Waals surface area contributed by atoms with Crippen molar-refractivity contribution in [2.24, 2.45) is 0 Å². The molecule has 1 amide bonds. The molecule has 3 aromatic rings. The van der Waals surface area contributed by atoms with Crippen LogP contribution in [0.15, 0.2) is 71.5 Å². The van der Waals surface area contributed by atoms with Crippen LogP contribution in [0.3, 0.4) is 0 Å². The maximum atomic E-state index is 12.8. The van der Waals surface area contributed by atoms with Gasteiger partial charge >= 0.3 is 0 Å². The molecule has 0 spiro atoms. The van der Waals surface area contributed by atoms with E-state index >= 15 is 0 Å². The van der Waals surface area contributed by atoms with Crippen molar-refractivity contribution in [3.05, 3.63) is 84.1 Å². The second-order valence-corrected chi connectivity index (χ2v) is 6.16. The number of carbonyl (C=O) groups is 1. The van der Waals surface area contributed by atoms with Gasteiger partial charge in [0.05, 0.1) is 12.8 Å². The van der Waals surface area contributed by atoms with E-state index in [9.17, 15) is 4.79 Å². The number of amides is 1. The lowest BCUT2D eigenvalue weighted by atomic mass is 10.2. The maximum Gasteiger partial charge on any atom is 0.289 e. The number of rotatable bonds is 9. The number of methoxy groups -OCH3 is 1. The molecule has 0 N–H and O–H groups in total. The van der Waals surface area contributed by atoms with Crippen molar-refractivity contribution < 1.29 is 13.9 Å². The number of hydrogen-bond acceptors (Lipinski definition) is 3. The van der Waals surface area contributed by atoms with E-state index < -0.39 is 0 Å². The molecule has 0 saturated carbocycles. The lowest BCUT2D eigenvalue weighted by Crippen LogP contribution is -2.32. The smallest absolute Gasteiger partial charge is 0.289 e. The standard InChI is InChI=1S/C21H24N2O3/c1-25-14-7-13-23(21(24)20-11-6-15-26-20)17-19-10-5-12-22(19)16-18-8-3-2-4-9-18/h2-6,8-12,15H,7,13-14,16-17H2,1H3. The highest BCUT2D eigenvalue weighted by molar-refractivity contribution is 5.91. The molecule has 0 unspecified atom stereocenters. The Morgan fingerprint density at radius 2 is 1.96 bits per heavy atom. The summed E-state index contributed by atoms with van der Waals surface area (Å²) in [6.45, 7) is 2.55. The molecule has 0 radical (unpaired) electrons. The van der Waals surface area contributed by atoms with Crippen LogP contribution in [0.4, 0.5) is 0 Å². The fraction of sp³-hybridized carbons (Fsp3) is 0.286. The van der Waals surface area contributed by atoms with Crippen molar-refractivity contribution in [3.63, 3.8) is 0 Å². The van der Waals surface area contributed by atoms with Crippen LogP contribution in [0.2, 0.25) is 0 Å². The first-order chi connectivity index (χ1) is 12.8. The van der Waals surface area contributed by atoms with Gasteiger partial charge in [-0.2, -0.15) is 0 Å². The zero-order chi connectivity index (χ0) is 18.2. The topological polar surface area (TPSA) is 47.6 Å². The highest BCUT2D eigenvalue weighted by atomic mass is 16.5. The zero-order valence-corrected chi connectivity index (χ0v) is 15.0. The lowest BCUT2D eigenvalue weighted by molar-refractivity contribution is 0.0688. The van der Waals surface area contributed by atoms with Gasteiger partial charge in [0.1, 0.15) is 0 Å². The van der Waals surface area contributed by atoms with E-state index in [2.05, 4.69) is 22.8 Å². The molecule has 0 aliphatic carbocycles. The molecule has 2 heterocycles. The molecule has 0 aliphatic rings. The largest absolute Gasteiger partial charge is 0.459 e. The van der Waals surface area contributed by atoms with Gasteiger partial charge in [0.25, 0.3) is 5.91 Å². The number of ether oxygens (including phenoxy) is 1. The van der Waals surface area contributed by atoms with Crippen molar-refractivity contribution in [3.8, 4) is 0 Å². The van der Waals surface area contributed by atoms with Gasteiger partial charge in [-0.3, -0.25) is 4.79 Å². The van der Waals surface area contributed by atoms with Crippen LogP contribution < -0.4 is 0 Å². The summed E-state index contributed by atoms with van der Waals surface area (Å²) in [4.78, 5) is 14.6. The predicted octanol–water partition coefficient (Wildman–Crippen LogP) is 3.81. The van der Waals surface area contributed by atoms with E-state index in [-0.39, 0.29) is 5.91 Å². The number of hydrogen-bond donors (Lipinski definition) is 0. The van der Waals surface area contributed by atoms with Crippen molar-refractivity contribution in [1.29, 1.82) is 0 Å². The number of benzene rings is 1. The van der Waals surface area contributed by atoms with Crippen LogP contribution in [0.5, 0.6) is 0 Å². The summed E-state index contributed by atoms with van der Waals surface area (Å²) in [5.74, 6) is 0.266. The van der Waals surface area contributed by atoms with Gasteiger partial charge in [-0.05, 0) is 36.2 Å². The third-order valence-corrected chi connectivity index (χ3v) is 4.27. The first-order valence-electron chi connectivity index (χ1n) is 8.77. The van der Waals surface area contributed by atoms with Crippen molar-refractivity contribution in [1.82, 2.24) is 9.47 Å². The average Bonchev–Trinajstić information content (AvgIpc) is 3.34. The van der Waals surface area contributed by atoms with Crippen LogP contribution in [-0.2, 0) is 17.8 Å². The molecule has 136 valence electrons. The van der Waals surface area contributed by atoms with E-state index in [1.54, 1.807) is 19.2 Å². The first kappa shape index (κ1) is 18.0. The monoisotopic (exact) mass is 352 g/mol. The molecule has 26 heavy (non-hydrogen) atoms. The van der Waals surface area contributed by atoms with Crippen molar-refractivity contribution >= 4 is 5.91 Å². The fourth-order valence-electron chi connectivity index (χ4n) is 2.93. The van der Waals surface area contributed by atoms with E-state index in [1.165, 1.54) is 11.8 Å². The van der Waals surface area contributed by atoms with Crippen LogP contribution in [-0.4, -0.2) is 35.6 Å². The SMILES string of the molecule is COCCCN(Cc1cccn1Cc1ccccc1)C(=O)c1ccco1. The number of carbonyl (C=O) groups excluding carboxylic acids is 1. The fourth-order valence-corrected chi connectivity index (χ4v) is 2.93. The van der Waals surface area contributed by atoms with E-state index in [1.807, 2.05) is 35.4 Å². The third-order valence-electron chi connectivity index (χ3n) is 4.27. The highest BCUT2D eigenvalue weighted by Crippen LogP contribution is 2.14. The molecular weight excluding hydrogens is 328 g/mol. The van der Waals surface area contributed by atoms with E-state index in [4.69, 9.17) is 9.15 Å². The normalized spacial score (nSPS) is 10.8. The van der Waals surface area contributed by atoms with Crippen LogP contribution in [0.1, 0.15) is 28.2 Å². The third kappa shape index (κ3) is 4.64. The Hall–Kier alpha value is -2.79. The first-order valence-corrected chi connectivity index (χ1v) is 8.77. The van der Waals surface area contributed by atoms with Gasteiger partial charge in [0.15, 0.2) is 5.76 Å². The van der Waals surface area contributed by atoms with Gasteiger partial charge in [-0.15, -0.1) is 0 Å². The van der Waals surface area contributed by atoms with Crippen LogP contribution in [0, 0.1) is 0 Å². The Balaban J connectivity index is 1.74. The van der Waals surface area contributed by atoms with Gasteiger partial charge in [-0.1, -0.05) is 30.3 Å². The lowest BCUT2D eigenvalue weighted by Gasteiger charge is -2.22. The molecule has 5 heteroatoms. The second-order valence-electron chi connectivity index (χ2n) is 6.16. The number of nitrogens with zero attached hydrogens (tertiary/aromatic N) is 2. The van der Waals surface area contributed by atoms with E-state index in [0.29, 0.717) is 25.5 Å². The molecule has 0 saturated heterocycles. The molecule has 2 aromatic heterocycles. The van der Waals surface area contributed by atoms with Crippen molar-refractivity contribution in [2.75, 3.05) is 20.3 Å². The summed E-state index contributed by atoms with van der Waals surface area (Å²) >= 11 is 0. The number of aromatic nitrogens is 1. The average molecular weight is 352 g/mol. The van der Waals surface area contributed by atoms with Gasteiger partial charge in [0, 0.05) is 38.7 Å². The van der Waals surface area contributed by atoms with Crippen molar-refractivity contribution in [2.45, 2.75) is 19.5 Å². The summed E-state index contributed by atoms with van der Waals surface area (Å²) in [7, 11) is 1.67. The summed E-state index contributed by atoms with van der Waals surface area (Å²) in [5.41, 5.74) is 2.32. The molecule has 0 fully saturated rings. The van der Waals surface area contributed by atoms with Crippen LogP contribution >= 0.6 is 0 Å². The Labute approximate surface area is 153 Å². The maximum absolute atomic E-state index is 12.8. The van der Waals surface area contributed by atoms with E-state index in [0.717, 1.165) is 18.7 Å². The zero-order valence-electron chi connectivity index (χ0n) is 15.0. The minimum atomic E-state index is -0.0986. The quantitative estimate of drug-likeness (QED) is 0.550. The second kappa shape index (κ2) is 9.06. The highest BCUT2D eigenvalue weighted by Gasteiger charge is 2.19. The minimum absolute atomic E-state index is 0.0986. The van der Waals surface area contributed by atoms with Crippen LogP contribution in [0.25, 0.3) is 0 Å². The predicted molar refractivity (Wildman–Crippen MR) is 99.9 cm³/mol. The Morgan fingerprint density at radius 1 is 1.12 bits per heavy atom. The molecule has 5 nitrogen and oxygen atoms in total. The Bertz CT molecular complexity index is 794. The Morgan fingerprint density at radius 3 is 2.69 bits per heavy atom. The summed E-state index contributed by atoms with van der Waals surface area (Å²) < 4.78 is 12.6. The summed E-state index contributed by atoms with van der Waals surface area (Å²) in [6.07, 6.45) is 4.36. The van der Waals surface area contributed by atoms with Gasteiger partial charge < -0.3 is 18.6 Å². The minimum Gasteiger partial charge on any atom is -0.459 e. The molecule has 3 rings (SSSR count). The van der Waals surface area contributed by atoms with Gasteiger partial charge in [0.2, 0.25) is 0 Å².